The van der Waals surface area contributed by atoms with Gasteiger partial charge in [0.1, 0.15) is 5.92 Å². The number of Topliss-reactive ketones (excluding diaryl/α,β-unsaturated/α-hetero) is 2. The quantitative estimate of drug-likeness (QED) is 0.300. The summed E-state index contributed by atoms with van der Waals surface area (Å²) < 4.78 is 8.11. The predicted octanol–water partition coefficient (Wildman–Crippen LogP) is 6.47. The third kappa shape index (κ3) is 4.19. The van der Waals surface area contributed by atoms with Crippen LogP contribution < -0.4 is 5.32 Å². The van der Waals surface area contributed by atoms with Crippen LogP contribution in [0.1, 0.15) is 32.4 Å². The van der Waals surface area contributed by atoms with Gasteiger partial charge in [-0.25, -0.2) is 0 Å². The van der Waals surface area contributed by atoms with Crippen molar-refractivity contribution < 1.29 is 29.0 Å². The Kier molecular flexibility index (Phi) is 6.91. The first-order valence-electron chi connectivity index (χ1n) is 10.9. The molecule has 2 N–H and O–H groups in total. The standard InChI is InChI=1S/C26H15Br3ClNO6/c27-15-7-5-11(9-17(15)29)21-19(24(34)31-12-6-8-16(28)18(30)10-12)20(25(35)36)26(37-21)22(32)13-3-1-2-4-14(13)23(26)33/h1-10,19-21H,(H,31,34)(H,35,36). The Bertz CT molecular complexity index is 1470. The number of ether oxygens (including phenoxy) is 1. The van der Waals surface area contributed by atoms with Gasteiger partial charge >= 0.3 is 5.97 Å². The number of anilines is 1. The number of nitrogens with one attached hydrogen (secondary N) is 1. The van der Waals surface area contributed by atoms with E-state index in [0.717, 1.165) is 0 Å². The van der Waals surface area contributed by atoms with E-state index in [4.69, 9.17) is 16.3 Å². The predicted molar refractivity (Wildman–Crippen MR) is 146 cm³/mol. The minimum atomic E-state index is -2.39. The van der Waals surface area contributed by atoms with Crippen molar-refractivity contribution in [3.05, 3.63) is 95.8 Å². The van der Waals surface area contributed by atoms with E-state index >= 15 is 0 Å². The summed E-state index contributed by atoms with van der Waals surface area (Å²) in [5.41, 5.74) is -1.53. The molecular weight excluding hydrogens is 697 g/mol. The number of carbonyl (C=O) groups is 4. The summed E-state index contributed by atoms with van der Waals surface area (Å²) >= 11 is 16.2. The van der Waals surface area contributed by atoms with Crippen molar-refractivity contribution >= 4 is 88.5 Å². The number of rotatable bonds is 4. The second-order valence-electron chi connectivity index (χ2n) is 8.61. The van der Waals surface area contributed by atoms with E-state index in [2.05, 4.69) is 53.1 Å². The summed E-state index contributed by atoms with van der Waals surface area (Å²) in [5, 5.41) is 13.4. The van der Waals surface area contributed by atoms with E-state index < -0.39 is 47.0 Å². The normalized spacial score (nSPS) is 21.8. The topological polar surface area (TPSA) is 110 Å². The number of carbonyl (C=O) groups excluding carboxylic acids is 3. The van der Waals surface area contributed by atoms with Gasteiger partial charge in [0.15, 0.2) is 0 Å². The molecule has 0 bridgehead atoms. The smallest absolute Gasteiger partial charge is 0.311 e. The first-order chi connectivity index (χ1) is 17.6. The molecule has 1 fully saturated rings. The average molecular weight is 713 g/mol. The van der Waals surface area contributed by atoms with E-state index in [9.17, 15) is 24.3 Å². The molecular formula is C26H15Br3ClNO6. The summed E-state index contributed by atoms with van der Waals surface area (Å²) in [6, 6.07) is 15.8. The van der Waals surface area contributed by atoms with Crippen molar-refractivity contribution in [1.29, 1.82) is 0 Å². The third-order valence-corrected chi connectivity index (χ3v) is 9.67. The highest BCUT2D eigenvalue weighted by atomic mass is 79.9. The Hall–Kier alpha value is -2.37. The molecule has 1 spiro atoms. The molecule has 3 atom stereocenters. The van der Waals surface area contributed by atoms with Crippen molar-refractivity contribution in [2.75, 3.05) is 5.32 Å². The third-order valence-electron chi connectivity index (χ3n) is 6.56. The van der Waals surface area contributed by atoms with Crippen LogP contribution in [0.15, 0.2) is 74.1 Å². The minimum absolute atomic E-state index is 0.0650. The van der Waals surface area contributed by atoms with Gasteiger partial charge < -0.3 is 15.2 Å². The molecule has 1 aliphatic heterocycles. The molecule has 188 valence electrons. The fraction of sp³-hybridized carbons (Fsp3) is 0.154. The summed E-state index contributed by atoms with van der Waals surface area (Å²) in [4.78, 5) is 53.8. The maximum Gasteiger partial charge on any atom is 0.311 e. The summed E-state index contributed by atoms with van der Waals surface area (Å²) in [5.74, 6) is -7.01. The van der Waals surface area contributed by atoms with Gasteiger partial charge in [-0.3, -0.25) is 19.2 Å². The molecule has 3 aromatic rings. The zero-order chi connectivity index (χ0) is 26.6. The highest BCUT2D eigenvalue weighted by molar-refractivity contribution is 9.13. The lowest BCUT2D eigenvalue weighted by Gasteiger charge is -2.25. The van der Waals surface area contributed by atoms with Crippen molar-refractivity contribution in [3.8, 4) is 0 Å². The number of halogens is 4. The lowest BCUT2D eigenvalue weighted by atomic mass is 9.75. The Balaban J connectivity index is 1.66. The molecule has 0 aromatic heterocycles. The van der Waals surface area contributed by atoms with Crippen LogP contribution >= 0.6 is 59.4 Å². The number of hydrogen-bond acceptors (Lipinski definition) is 5. The Labute approximate surface area is 240 Å². The summed E-state index contributed by atoms with van der Waals surface area (Å²) in [6.45, 7) is 0. The summed E-state index contributed by atoms with van der Waals surface area (Å²) in [7, 11) is 0. The van der Waals surface area contributed by atoms with E-state index in [0.29, 0.717) is 29.7 Å². The molecule has 37 heavy (non-hydrogen) atoms. The molecule has 5 rings (SSSR count). The van der Waals surface area contributed by atoms with Gasteiger partial charge in [0.2, 0.25) is 23.1 Å². The van der Waals surface area contributed by atoms with Gasteiger partial charge in [0.25, 0.3) is 0 Å². The molecule has 0 radical (unpaired) electrons. The highest BCUT2D eigenvalue weighted by Gasteiger charge is 2.71. The van der Waals surface area contributed by atoms with Crippen LogP contribution in [0.2, 0.25) is 5.02 Å². The SMILES string of the molecule is O=C(Nc1ccc(Br)c(Cl)c1)C1C(c2ccc(Br)c(Br)c2)OC2(C(=O)c3ccccc3C2=O)C1C(=O)O. The van der Waals surface area contributed by atoms with Gasteiger partial charge in [-0.05, 0) is 83.7 Å². The van der Waals surface area contributed by atoms with Gasteiger partial charge in [-0.2, -0.15) is 0 Å². The molecule has 3 unspecified atom stereocenters. The largest absolute Gasteiger partial charge is 0.481 e. The number of hydrogen-bond donors (Lipinski definition) is 2. The van der Waals surface area contributed by atoms with Gasteiger partial charge in [0.05, 0.1) is 17.0 Å². The van der Waals surface area contributed by atoms with Crippen LogP contribution in [0, 0.1) is 11.8 Å². The van der Waals surface area contributed by atoms with Crippen molar-refractivity contribution in [3.63, 3.8) is 0 Å². The monoisotopic (exact) mass is 709 g/mol. The molecule has 0 saturated carbocycles. The fourth-order valence-electron chi connectivity index (χ4n) is 4.93. The van der Waals surface area contributed by atoms with Crippen molar-refractivity contribution in [2.45, 2.75) is 11.7 Å². The molecule has 2 aliphatic rings. The minimum Gasteiger partial charge on any atom is -0.481 e. The van der Waals surface area contributed by atoms with Crippen LogP contribution in [-0.4, -0.2) is 34.2 Å². The van der Waals surface area contributed by atoms with Crippen LogP contribution in [0.5, 0.6) is 0 Å². The van der Waals surface area contributed by atoms with E-state index in [-0.39, 0.29) is 11.1 Å². The Morgan fingerprint density at radius 1 is 0.892 bits per heavy atom. The molecule has 1 heterocycles. The molecule has 3 aromatic carbocycles. The van der Waals surface area contributed by atoms with Gasteiger partial charge in [-0.1, -0.05) is 41.9 Å². The Morgan fingerprint density at radius 2 is 1.51 bits per heavy atom. The maximum absolute atomic E-state index is 13.7. The zero-order valence-corrected chi connectivity index (χ0v) is 24.0. The van der Waals surface area contributed by atoms with Crippen LogP contribution in [0.3, 0.4) is 0 Å². The Morgan fingerprint density at radius 3 is 2.08 bits per heavy atom. The number of carboxylic acid groups (broad SMARTS) is 1. The molecule has 1 saturated heterocycles. The van der Waals surface area contributed by atoms with Crippen molar-refractivity contribution in [1.82, 2.24) is 0 Å². The number of carboxylic acids is 1. The zero-order valence-electron chi connectivity index (χ0n) is 18.5. The van der Waals surface area contributed by atoms with E-state index in [1.54, 1.807) is 42.5 Å². The van der Waals surface area contributed by atoms with Crippen LogP contribution in [0.4, 0.5) is 5.69 Å². The first-order valence-corrected chi connectivity index (χ1v) is 13.6. The number of fused-ring (bicyclic) bond motifs is 1. The first kappa shape index (κ1) is 26.2. The number of benzene rings is 3. The van der Waals surface area contributed by atoms with E-state index in [1.807, 2.05) is 0 Å². The second kappa shape index (κ2) is 9.74. The maximum atomic E-state index is 13.7. The van der Waals surface area contributed by atoms with Crippen LogP contribution in [0.25, 0.3) is 0 Å². The van der Waals surface area contributed by atoms with E-state index in [1.165, 1.54) is 18.2 Å². The second-order valence-corrected chi connectivity index (χ2v) is 11.6. The molecule has 1 aliphatic carbocycles. The lowest BCUT2D eigenvalue weighted by Crippen LogP contribution is -2.52. The van der Waals surface area contributed by atoms with Gasteiger partial charge in [0, 0.05) is 30.2 Å². The average Bonchev–Trinajstić information content (AvgIpc) is 3.33. The number of amides is 1. The lowest BCUT2D eigenvalue weighted by molar-refractivity contribution is -0.147. The summed E-state index contributed by atoms with van der Waals surface area (Å²) in [6.07, 6.45) is -1.22. The highest BCUT2D eigenvalue weighted by Crippen LogP contribution is 2.54. The fourth-order valence-corrected chi connectivity index (χ4v) is 6.00. The van der Waals surface area contributed by atoms with Crippen LogP contribution in [-0.2, 0) is 14.3 Å². The molecule has 7 nitrogen and oxygen atoms in total. The molecule has 1 amide bonds. The van der Waals surface area contributed by atoms with Crippen molar-refractivity contribution in [2.24, 2.45) is 11.8 Å². The number of ketones is 2. The van der Waals surface area contributed by atoms with Gasteiger partial charge in [-0.15, -0.1) is 0 Å². The number of aliphatic carboxylic acids is 1. The molecule has 11 heteroatoms.